The Hall–Kier alpha value is -1.69. The maximum atomic E-state index is 12.1. The molecule has 0 radical (unpaired) electrons. The first kappa shape index (κ1) is 16.7. The first-order valence-electron chi connectivity index (χ1n) is 7.58. The van der Waals surface area contributed by atoms with Gasteiger partial charge in [-0.1, -0.05) is 13.8 Å². The highest BCUT2D eigenvalue weighted by Crippen LogP contribution is 2.13. The van der Waals surface area contributed by atoms with Gasteiger partial charge in [0.1, 0.15) is 0 Å². The Labute approximate surface area is 135 Å². The summed E-state index contributed by atoms with van der Waals surface area (Å²) >= 11 is 1.87. The third kappa shape index (κ3) is 4.94. The molecule has 0 spiro atoms. The Bertz CT molecular complexity index is 511. The van der Waals surface area contributed by atoms with E-state index >= 15 is 0 Å². The van der Waals surface area contributed by atoms with Crippen molar-refractivity contribution in [3.05, 3.63) is 29.8 Å². The Morgan fingerprint density at radius 1 is 1.18 bits per heavy atom. The average Bonchev–Trinajstić information content (AvgIpc) is 2.54. The number of rotatable bonds is 4. The summed E-state index contributed by atoms with van der Waals surface area (Å²) in [7, 11) is 0. The quantitative estimate of drug-likeness (QED) is 0.896. The van der Waals surface area contributed by atoms with E-state index in [1.165, 1.54) is 0 Å². The molecule has 1 aliphatic rings. The maximum absolute atomic E-state index is 12.1. The minimum atomic E-state index is -0.0837. The van der Waals surface area contributed by atoms with E-state index in [0.29, 0.717) is 23.7 Å². The second-order valence-corrected chi connectivity index (χ2v) is 6.94. The van der Waals surface area contributed by atoms with E-state index in [9.17, 15) is 9.59 Å². The molecule has 2 N–H and O–H groups in total. The fraction of sp³-hybridized carbons (Fsp3) is 0.500. The van der Waals surface area contributed by atoms with E-state index in [-0.39, 0.29) is 11.9 Å². The monoisotopic (exact) mass is 321 g/mol. The van der Waals surface area contributed by atoms with Crippen molar-refractivity contribution in [3.8, 4) is 0 Å². The van der Waals surface area contributed by atoms with Crippen LogP contribution in [0.1, 0.15) is 24.2 Å². The van der Waals surface area contributed by atoms with Crippen LogP contribution < -0.4 is 10.6 Å². The van der Waals surface area contributed by atoms with Crippen LogP contribution in [0, 0.1) is 5.92 Å². The molecule has 1 fully saturated rings. The van der Waals surface area contributed by atoms with Crippen LogP contribution in [0.2, 0.25) is 0 Å². The standard InChI is InChI=1S/C16H23N3O2S/c1-12(2)11-17-15(20)13-3-5-14(6-4-13)18-16(21)19-7-9-22-10-8-19/h3-6,12H,7-11H2,1-2H3,(H,17,20)(H,18,21). The molecule has 0 aliphatic carbocycles. The Balaban J connectivity index is 1.88. The number of carbonyl (C=O) groups is 2. The Kier molecular flexibility index (Phi) is 6.12. The van der Waals surface area contributed by atoms with E-state index in [4.69, 9.17) is 0 Å². The van der Waals surface area contributed by atoms with Gasteiger partial charge < -0.3 is 15.5 Å². The van der Waals surface area contributed by atoms with Crippen LogP contribution in [-0.2, 0) is 0 Å². The van der Waals surface area contributed by atoms with Gasteiger partial charge in [-0.25, -0.2) is 4.79 Å². The van der Waals surface area contributed by atoms with E-state index in [0.717, 1.165) is 24.6 Å². The summed E-state index contributed by atoms with van der Waals surface area (Å²) in [6, 6.07) is 6.92. The van der Waals surface area contributed by atoms with Gasteiger partial charge in [0.05, 0.1) is 0 Å². The minimum Gasteiger partial charge on any atom is -0.352 e. The lowest BCUT2D eigenvalue weighted by atomic mass is 10.1. The molecule has 2 rings (SSSR count). The van der Waals surface area contributed by atoms with Gasteiger partial charge in [-0.05, 0) is 30.2 Å². The second kappa shape index (κ2) is 8.08. The number of nitrogens with one attached hydrogen (secondary N) is 2. The Morgan fingerprint density at radius 3 is 2.41 bits per heavy atom. The average molecular weight is 321 g/mol. The number of urea groups is 1. The van der Waals surface area contributed by atoms with Gasteiger partial charge in [0.15, 0.2) is 0 Å². The topological polar surface area (TPSA) is 61.4 Å². The van der Waals surface area contributed by atoms with Gasteiger partial charge >= 0.3 is 6.03 Å². The molecule has 22 heavy (non-hydrogen) atoms. The first-order chi connectivity index (χ1) is 10.6. The molecule has 0 unspecified atom stereocenters. The van der Waals surface area contributed by atoms with Gasteiger partial charge in [0.2, 0.25) is 0 Å². The predicted molar refractivity (Wildman–Crippen MR) is 91.5 cm³/mol. The first-order valence-corrected chi connectivity index (χ1v) is 8.73. The minimum absolute atomic E-state index is 0.0719. The van der Waals surface area contributed by atoms with Crippen LogP contribution >= 0.6 is 11.8 Å². The smallest absolute Gasteiger partial charge is 0.321 e. The molecule has 0 bridgehead atoms. The van der Waals surface area contributed by atoms with E-state index in [1.807, 2.05) is 16.7 Å². The van der Waals surface area contributed by atoms with Crippen molar-refractivity contribution < 1.29 is 9.59 Å². The fourth-order valence-corrected chi connectivity index (χ4v) is 2.98. The van der Waals surface area contributed by atoms with Crippen molar-refractivity contribution in [2.75, 3.05) is 36.5 Å². The van der Waals surface area contributed by atoms with Crippen LogP contribution in [0.5, 0.6) is 0 Å². The summed E-state index contributed by atoms with van der Waals surface area (Å²) in [5.41, 5.74) is 1.32. The maximum Gasteiger partial charge on any atom is 0.321 e. The van der Waals surface area contributed by atoms with Crippen molar-refractivity contribution in [3.63, 3.8) is 0 Å². The van der Waals surface area contributed by atoms with Gasteiger partial charge in [-0.2, -0.15) is 11.8 Å². The summed E-state index contributed by atoms with van der Waals surface area (Å²) in [6.07, 6.45) is 0. The van der Waals surface area contributed by atoms with Crippen LogP contribution in [0.4, 0.5) is 10.5 Å². The van der Waals surface area contributed by atoms with Crippen LogP contribution in [0.25, 0.3) is 0 Å². The number of hydrogen-bond acceptors (Lipinski definition) is 3. The number of anilines is 1. The van der Waals surface area contributed by atoms with Crippen LogP contribution in [-0.4, -0.2) is 48.0 Å². The highest BCUT2D eigenvalue weighted by Gasteiger charge is 2.16. The van der Waals surface area contributed by atoms with E-state index < -0.39 is 0 Å². The van der Waals surface area contributed by atoms with E-state index in [1.54, 1.807) is 24.3 Å². The molecule has 6 heteroatoms. The third-order valence-electron chi connectivity index (χ3n) is 3.37. The number of benzene rings is 1. The molecule has 0 atom stereocenters. The summed E-state index contributed by atoms with van der Waals surface area (Å²) in [6.45, 7) is 6.33. The van der Waals surface area contributed by atoms with Gasteiger partial charge in [-0.3, -0.25) is 4.79 Å². The van der Waals surface area contributed by atoms with Crippen molar-refractivity contribution in [1.29, 1.82) is 0 Å². The molecule has 120 valence electrons. The molecule has 1 aromatic carbocycles. The largest absolute Gasteiger partial charge is 0.352 e. The summed E-state index contributed by atoms with van der Waals surface area (Å²) < 4.78 is 0. The third-order valence-corrected chi connectivity index (χ3v) is 4.31. The van der Waals surface area contributed by atoms with E-state index in [2.05, 4.69) is 24.5 Å². The SMILES string of the molecule is CC(C)CNC(=O)c1ccc(NC(=O)N2CCSCC2)cc1. The number of thioether (sulfide) groups is 1. The lowest BCUT2D eigenvalue weighted by Gasteiger charge is -2.26. The highest BCUT2D eigenvalue weighted by molar-refractivity contribution is 7.99. The van der Waals surface area contributed by atoms with Crippen molar-refractivity contribution in [2.24, 2.45) is 5.92 Å². The predicted octanol–water partition coefficient (Wildman–Crippen LogP) is 2.65. The summed E-state index contributed by atoms with van der Waals surface area (Å²) in [5, 5.41) is 5.75. The number of carbonyl (C=O) groups excluding carboxylic acids is 2. The zero-order valence-electron chi connectivity index (χ0n) is 13.1. The second-order valence-electron chi connectivity index (χ2n) is 5.71. The molecule has 0 aromatic heterocycles. The molecule has 3 amide bonds. The van der Waals surface area contributed by atoms with Gasteiger partial charge in [0, 0.05) is 42.4 Å². The molecule has 1 aromatic rings. The van der Waals surface area contributed by atoms with Crippen LogP contribution in [0.3, 0.4) is 0 Å². The summed E-state index contributed by atoms with van der Waals surface area (Å²) in [5.74, 6) is 2.31. The molecule has 1 aliphatic heterocycles. The van der Waals surface area contributed by atoms with Crippen molar-refractivity contribution in [1.82, 2.24) is 10.2 Å². The zero-order valence-corrected chi connectivity index (χ0v) is 13.9. The lowest BCUT2D eigenvalue weighted by molar-refractivity contribution is 0.0949. The Morgan fingerprint density at radius 2 is 1.82 bits per heavy atom. The lowest BCUT2D eigenvalue weighted by Crippen LogP contribution is -2.40. The number of hydrogen-bond donors (Lipinski definition) is 2. The van der Waals surface area contributed by atoms with Gasteiger partial charge in [-0.15, -0.1) is 0 Å². The zero-order chi connectivity index (χ0) is 15.9. The highest BCUT2D eigenvalue weighted by atomic mass is 32.2. The van der Waals surface area contributed by atoms with Crippen molar-refractivity contribution in [2.45, 2.75) is 13.8 Å². The normalized spacial score (nSPS) is 14.8. The molecular weight excluding hydrogens is 298 g/mol. The van der Waals surface area contributed by atoms with Gasteiger partial charge in [0.25, 0.3) is 5.91 Å². The van der Waals surface area contributed by atoms with Crippen molar-refractivity contribution >= 4 is 29.4 Å². The number of nitrogens with zero attached hydrogens (tertiary/aromatic N) is 1. The molecule has 5 nitrogen and oxygen atoms in total. The molecule has 1 saturated heterocycles. The van der Waals surface area contributed by atoms with Crippen LogP contribution in [0.15, 0.2) is 24.3 Å². The molecular formula is C16H23N3O2S. The number of amides is 3. The molecule has 1 heterocycles. The summed E-state index contributed by atoms with van der Waals surface area (Å²) in [4.78, 5) is 25.8. The molecule has 0 saturated carbocycles. The fourth-order valence-electron chi connectivity index (χ4n) is 2.07.